The predicted molar refractivity (Wildman–Crippen MR) is 86.9 cm³/mol. The minimum Gasteiger partial charge on any atom is -0.493 e. The van der Waals surface area contributed by atoms with Gasteiger partial charge in [-0.25, -0.2) is 0 Å². The molecule has 6 nitrogen and oxygen atoms in total. The average molecular weight is 324 g/mol. The summed E-state index contributed by atoms with van der Waals surface area (Å²) in [6.45, 7) is 0. The summed E-state index contributed by atoms with van der Waals surface area (Å²) in [5.41, 5.74) is 7.98. The molecule has 2 aromatic rings. The van der Waals surface area contributed by atoms with Crippen LogP contribution in [0.25, 0.3) is 0 Å². The number of nitrogens with two attached hydrogens (primary N) is 1. The normalized spacial score (nSPS) is 18.9. The number of imide groups is 1. The Labute approximate surface area is 138 Å². The molecule has 0 aromatic heterocycles. The summed E-state index contributed by atoms with van der Waals surface area (Å²) in [5, 5.41) is 0. The van der Waals surface area contributed by atoms with Crippen LogP contribution in [0, 0.1) is 0 Å². The number of likely N-dealkylation sites (tertiary alicyclic amines) is 1. The number of carbonyl (C=O) groups is 2. The number of nitrogens with zero attached hydrogens (tertiary/aromatic N) is 1. The molecule has 4 rings (SSSR count). The molecule has 2 amide bonds. The lowest BCUT2D eigenvalue weighted by atomic mass is 9.91. The lowest BCUT2D eigenvalue weighted by molar-refractivity contribution is -0.140. The van der Waals surface area contributed by atoms with Gasteiger partial charge in [0.25, 0.3) is 0 Å². The molecule has 0 saturated carbocycles. The second kappa shape index (κ2) is 5.26. The molecular weight excluding hydrogens is 308 g/mol. The molecule has 2 aromatic carbocycles. The van der Waals surface area contributed by atoms with Crippen molar-refractivity contribution < 1.29 is 19.1 Å². The van der Waals surface area contributed by atoms with Crippen molar-refractivity contribution >= 4 is 17.5 Å². The van der Waals surface area contributed by atoms with Crippen LogP contribution in [0.4, 0.5) is 5.69 Å². The molecule has 0 radical (unpaired) electrons. The van der Waals surface area contributed by atoms with E-state index in [1.807, 2.05) is 18.2 Å². The van der Waals surface area contributed by atoms with E-state index in [0.717, 1.165) is 5.56 Å². The van der Waals surface area contributed by atoms with Gasteiger partial charge in [0.15, 0.2) is 11.5 Å². The summed E-state index contributed by atoms with van der Waals surface area (Å²) in [6, 6.07) is 10.2. The van der Waals surface area contributed by atoms with Crippen molar-refractivity contribution in [2.75, 3.05) is 12.8 Å². The van der Waals surface area contributed by atoms with Crippen molar-refractivity contribution in [2.24, 2.45) is 0 Å². The molecule has 6 heteroatoms. The van der Waals surface area contributed by atoms with Crippen LogP contribution in [-0.4, -0.2) is 23.8 Å². The zero-order valence-electron chi connectivity index (χ0n) is 13.1. The van der Waals surface area contributed by atoms with E-state index < -0.39 is 6.04 Å². The number of benzene rings is 2. The lowest BCUT2D eigenvalue weighted by Crippen LogP contribution is -2.36. The first-order chi connectivity index (χ1) is 11.6. The van der Waals surface area contributed by atoms with Crippen LogP contribution in [0.1, 0.15) is 30.0 Å². The van der Waals surface area contributed by atoms with E-state index in [4.69, 9.17) is 15.2 Å². The maximum Gasteiger partial charge on any atom is 0.230 e. The first-order valence-corrected chi connectivity index (χ1v) is 7.70. The fourth-order valence-electron chi connectivity index (χ4n) is 3.36. The van der Waals surface area contributed by atoms with Crippen LogP contribution in [-0.2, 0) is 9.59 Å². The van der Waals surface area contributed by atoms with Gasteiger partial charge in [-0.1, -0.05) is 18.2 Å². The molecule has 24 heavy (non-hydrogen) atoms. The minimum absolute atomic E-state index is 0.199. The van der Waals surface area contributed by atoms with Gasteiger partial charge in [0.05, 0.1) is 13.2 Å². The van der Waals surface area contributed by atoms with Gasteiger partial charge in [0.2, 0.25) is 11.8 Å². The quantitative estimate of drug-likeness (QED) is 0.678. The van der Waals surface area contributed by atoms with Gasteiger partial charge < -0.3 is 15.2 Å². The van der Waals surface area contributed by atoms with Crippen LogP contribution >= 0.6 is 0 Å². The number of rotatable bonds is 2. The Balaban J connectivity index is 1.99. The number of para-hydroxylation sites is 1. The first kappa shape index (κ1) is 14.6. The molecule has 2 heterocycles. The molecule has 1 unspecified atom stereocenters. The first-order valence-electron chi connectivity index (χ1n) is 7.70. The van der Waals surface area contributed by atoms with Crippen LogP contribution in [0.2, 0.25) is 0 Å². The Bertz CT molecular complexity index is 846. The third-order valence-electron chi connectivity index (χ3n) is 4.46. The molecule has 1 saturated heterocycles. The highest BCUT2D eigenvalue weighted by Crippen LogP contribution is 2.52. The van der Waals surface area contributed by atoms with Gasteiger partial charge in [0, 0.05) is 29.7 Å². The SMILES string of the molecule is COc1ccc(N)c2c1Oc1ccccc1C2N1C(=O)CCC1=O. The molecule has 2 aliphatic heterocycles. The van der Waals surface area contributed by atoms with Crippen LogP contribution in [0.3, 0.4) is 0 Å². The van der Waals surface area contributed by atoms with E-state index in [1.165, 1.54) is 12.0 Å². The zero-order valence-corrected chi connectivity index (χ0v) is 13.1. The number of fused-ring (bicyclic) bond motifs is 2. The summed E-state index contributed by atoms with van der Waals surface area (Å²) < 4.78 is 11.4. The summed E-state index contributed by atoms with van der Waals surface area (Å²) >= 11 is 0. The number of nitrogen functional groups attached to an aromatic ring is 1. The Morgan fingerprint density at radius 1 is 1.12 bits per heavy atom. The van der Waals surface area contributed by atoms with E-state index >= 15 is 0 Å². The Morgan fingerprint density at radius 2 is 1.83 bits per heavy atom. The number of anilines is 1. The van der Waals surface area contributed by atoms with Crippen molar-refractivity contribution in [3.8, 4) is 17.2 Å². The Morgan fingerprint density at radius 3 is 2.54 bits per heavy atom. The third kappa shape index (κ3) is 1.96. The maximum atomic E-state index is 12.4. The smallest absolute Gasteiger partial charge is 0.230 e. The van der Waals surface area contributed by atoms with E-state index in [1.54, 1.807) is 18.2 Å². The van der Waals surface area contributed by atoms with E-state index in [9.17, 15) is 9.59 Å². The average Bonchev–Trinajstić information content (AvgIpc) is 2.92. The largest absolute Gasteiger partial charge is 0.493 e. The predicted octanol–water partition coefficient (Wildman–Crippen LogP) is 2.62. The minimum atomic E-state index is -0.595. The molecule has 0 bridgehead atoms. The molecule has 1 atom stereocenters. The number of hydrogen-bond donors (Lipinski definition) is 1. The molecule has 2 aliphatic rings. The van der Waals surface area contributed by atoms with E-state index in [2.05, 4.69) is 0 Å². The van der Waals surface area contributed by atoms with Gasteiger partial charge >= 0.3 is 0 Å². The number of methoxy groups -OCH3 is 1. The van der Waals surface area contributed by atoms with Crippen molar-refractivity contribution in [2.45, 2.75) is 18.9 Å². The third-order valence-corrected chi connectivity index (χ3v) is 4.46. The van der Waals surface area contributed by atoms with E-state index in [0.29, 0.717) is 28.5 Å². The topological polar surface area (TPSA) is 81.9 Å². The van der Waals surface area contributed by atoms with Crippen LogP contribution in [0.15, 0.2) is 36.4 Å². The van der Waals surface area contributed by atoms with Crippen molar-refractivity contribution in [1.82, 2.24) is 4.90 Å². The molecule has 0 aliphatic carbocycles. The van der Waals surface area contributed by atoms with Gasteiger partial charge in [-0.05, 0) is 18.2 Å². The van der Waals surface area contributed by atoms with Crippen LogP contribution < -0.4 is 15.2 Å². The number of hydrogen-bond acceptors (Lipinski definition) is 5. The Hall–Kier alpha value is -3.02. The Kier molecular flexibility index (Phi) is 3.19. The number of amides is 2. The summed E-state index contributed by atoms with van der Waals surface area (Å²) in [7, 11) is 1.54. The highest BCUT2D eigenvalue weighted by molar-refractivity contribution is 6.03. The lowest BCUT2D eigenvalue weighted by Gasteiger charge is -2.34. The fourth-order valence-corrected chi connectivity index (χ4v) is 3.36. The molecule has 122 valence electrons. The highest BCUT2D eigenvalue weighted by atomic mass is 16.5. The van der Waals surface area contributed by atoms with Gasteiger partial charge in [-0.3, -0.25) is 14.5 Å². The number of carbonyl (C=O) groups excluding carboxylic acids is 2. The summed E-state index contributed by atoms with van der Waals surface area (Å²) in [5.74, 6) is 1.16. The molecule has 2 N–H and O–H groups in total. The summed E-state index contributed by atoms with van der Waals surface area (Å²) in [4.78, 5) is 26.0. The molecule has 1 fully saturated rings. The van der Waals surface area contributed by atoms with Gasteiger partial charge in [-0.15, -0.1) is 0 Å². The van der Waals surface area contributed by atoms with Crippen LogP contribution in [0.5, 0.6) is 17.2 Å². The standard InChI is InChI=1S/C18H16N2O4/c1-23-13-7-6-11(19)16-17(20-14(21)8-9-15(20)22)10-4-2-3-5-12(10)24-18(13)16/h2-7,17H,8-9,19H2,1H3. The zero-order chi connectivity index (χ0) is 16.8. The van der Waals surface area contributed by atoms with Gasteiger partial charge in [-0.2, -0.15) is 0 Å². The summed E-state index contributed by atoms with van der Waals surface area (Å²) in [6.07, 6.45) is 0.440. The second-order valence-electron chi connectivity index (χ2n) is 5.80. The monoisotopic (exact) mass is 324 g/mol. The number of ether oxygens (including phenoxy) is 2. The fraction of sp³-hybridized carbons (Fsp3) is 0.222. The maximum absolute atomic E-state index is 12.4. The van der Waals surface area contributed by atoms with Crippen molar-refractivity contribution in [1.29, 1.82) is 0 Å². The van der Waals surface area contributed by atoms with E-state index in [-0.39, 0.29) is 24.7 Å². The van der Waals surface area contributed by atoms with Gasteiger partial charge in [0.1, 0.15) is 5.75 Å². The highest BCUT2D eigenvalue weighted by Gasteiger charge is 2.42. The molecular formula is C18H16N2O4. The van der Waals surface area contributed by atoms with Crippen molar-refractivity contribution in [3.63, 3.8) is 0 Å². The van der Waals surface area contributed by atoms with Crippen molar-refractivity contribution in [3.05, 3.63) is 47.5 Å². The molecule has 0 spiro atoms. The second-order valence-corrected chi connectivity index (χ2v) is 5.80.